The van der Waals surface area contributed by atoms with Crippen molar-refractivity contribution in [3.05, 3.63) is 16.6 Å². The molecule has 0 radical (unpaired) electrons. The topological polar surface area (TPSA) is 24.9 Å². The first-order valence-corrected chi connectivity index (χ1v) is 5.71. The summed E-state index contributed by atoms with van der Waals surface area (Å²) in [5.41, 5.74) is 0. The van der Waals surface area contributed by atoms with Gasteiger partial charge in [0.15, 0.2) is 0 Å². The van der Waals surface area contributed by atoms with Crippen molar-refractivity contribution in [3.63, 3.8) is 0 Å². The summed E-state index contributed by atoms with van der Waals surface area (Å²) in [6, 6.07) is 0.508. The molecule has 1 aromatic heterocycles. The Bertz CT molecular complexity index is 204. The molecule has 1 aliphatic rings. The van der Waals surface area contributed by atoms with E-state index in [1.165, 1.54) is 16.5 Å². The number of hydrogen-bond donors (Lipinski definition) is 1. The van der Waals surface area contributed by atoms with Crippen LogP contribution in [0.3, 0.4) is 0 Å². The van der Waals surface area contributed by atoms with Crippen LogP contribution in [0.5, 0.6) is 0 Å². The number of aromatic nitrogens is 1. The van der Waals surface area contributed by atoms with E-state index in [4.69, 9.17) is 0 Å². The monoisotopic (exact) mass is 186 g/mol. The smallest absolute Gasteiger partial charge is 0.110 e. The Morgan fingerprint density at radius 2 is 2.64 bits per heavy atom. The van der Waals surface area contributed by atoms with Gasteiger partial charge in [0.25, 0.3) is 0 Å². The Kier molecular flexibility index (Phi) is 2.45. The van der Waals surface area contributed by atoms with Crippen LogP contribution in [-0.4, -0.2) is 23.0 Å². The van der Waals surface area contributed by atoms with Gasteiger partial charge in [-0.3, -0.25) is 0 Å². The highest BCUT2D eigenvalue weighted by atomic mass is 32.2. The minimum absolute atomic E-state index is 0.508. The van der Waals surface area contributed by atoms with Crippen molar-refractivity contribution in [2.45, 2.75) is 6.04 Å². The summed E-state index contributed by atoms with van der Waals surface area (Å²) in [5, 5.41) is 6.72. The summed E-state index contributed by atoms with van der Waals surface area (Å²) in [4.78, 5) is 4.28. The van der Waals surface area contributed by atoms with Crippen molar-refractivity contribution in [2.75, 3.05) is 18.1 Å². The average molecular weight is 186 g/mol. The number of nitrogens with one attached hydrogen (secondary N) is 1. The summed E-state index contributed by atoms with van der Waals surface area (Å²) in [6.07, 6.45) is 1.88. The van der Waals surface area contributed by atoms with Crippen molar-refractivity contribution in [3.8, 4) is 0 Å². The number of rotatable bonds is 1. The zero-order chi connectivity index (χ0) is 7.52. The standard InChI is InChI=1S/C7H10N2S2/c1-3-10-5-6(8-1)7-9-2-4-11-7/h2,4,6,8H,1,3,5H2/t6-/m0/s1. The molecule has 1 aliphatic heterocycles. The van der Waals surface area contributed by atoms with Crippen LogP contribution < -0.4 is 5.32 Å². The van der Waals surface area contributed by atoms with Gasteiger partial charge in [-0.1, -0.05) is 0 Å². The molecule has 1 saturated heterocycles. The van der Waals surface area contributed by atoms with Gasteiger partial charge in [-0.2, -0.15) is 11.8 Å². The lowest BCUT2D eigenvalue weighted by Crippen LogP contribution is -2.29. The maximum Gasteiger partial charge on any atom is 0.110 e. The molecular weight excluding hydrogens is 176 g/mol. The van der Waals surface area contributed by atoms with Crippen molar-refractivity contribution in [2.24, 2.45) is 0 Å². The van der Waals surface area contributed by atoms with Gasteiger partial charge >= 0.3 is 0 Å². The minimum atomic E-state index is 0.508. The molecule has 0 aliphatic carbocycles. The molecule has 2 heterocycles. The van der Waals surface area contributed by atoms with Gasteiger partial charge in [-0.05, 0) is 0 Å². The lowest BCUT2D eigenvalue weighted by Gasteiger charge is -2.20. The highest BCUT2D eigenvalue weighted by molar-refractivity contribution is 7.99. The third-order valence-corrected chi connectivity index (χ3v) is 3.62. The van der Waals surface area contributed by atoms with E-state index in [1.807, 2.05) is 23.3 Å². The fourth-order valence-electron chi connectivity index (χ4n) is 1.13. The second-order valence-corrected chi connectivity index (χ2v) is 4.53. The van der Waals surface area contributed by atoms with Crippen LogP contribution in [0.4, 0.5) is 0 Å². The molecule has 1 fully saturated rings. The van der Waals surface area contributed by atoms with E-state index in [2.05, 4.69) is 10.3 Å². The molecule has 0 bridgehead atoms. The number of thioether (sulfide) groups is 1. The van der Waals surface area contributed by atoms with Crippen LogP contribution in [0, 0.1) is 0 Å². The highest BCUT2D eigenvalue weighted by Gasteiger charge is 2.16. The fraction of sp³-hybridized carbons (Fsp3) is 0.571. The quantitative estimate of drug-likeness (QED) is 0.720. The van der Waals surface area contributed by atoms with Crippen molar-refractivity contribution in [1.82, 2.24) is 10.3 Å². The van der Waals surface area contributed by atoms with E-state index in [1.54, 1.807) is 11.3 Å². The maximum atomic E-state index is 4.28. The van der Waals surface area contributed by atoms with E-state index in [0.29, 0.717) is 6.04 Å². The Morgan fingerprint density at radius 3 is 3.27 bits per heavy atom. The van der Waals surface area contributed by atoms with E-state index < -0.39 is 0 Å². The fourth-order valence-corrected chi connectivity index (χ4v) is 2.89. The van der Waals surface area contributed by atoms with E-state index >= 15 is 0 Å². The molecular formula is C7H10N2S2. The molecule has 1 atom stereocenters. The Morgan fingerprint density at radius 1 is 1.64 bits per heavy atom. The van der Waals surface area contributed by atoms with E-state index in [9.17, 15) is 0 Å². The number of thiazole rings is 1. The SMILES string of the molecule is c1csc([C@@H]2CSCCN2)n1. The van der Waals surface area contributed by atoms with Crippen LogP contribution in [-0.2, 0) is 0 Å². The van der Waals surface area contributed by atoms with Gasteiger partial charge in [0.2, 0.25) is 0 Å². The van der Waals surface area contributed by atoms with Gasteiger partial charge in [-0.25, -0.2) is 4.98 Å². The molecule has 0 aromatic carbocycles. The third-order valence-electron chi connectivity index (χ3n) is 1.67. The number of nitrogens with zero attached hydrogens (tertiary/aromatic N) is 1. The third kappa shape index (κ3) is 1.75. The molecule has 2 rings (SSSR count). The average Bonchev–Trinajstić information content (AvgIpc) is 2.58. The first-order chi connectivity index (χ1) is 5.47. The van der Waals surface area contributed by atoms with Gasteiger partial charge in [-0.15, -0.1) is 11.3 Å². The summed E-state index contributed by atoms with van der Waals surface area (Å²) < 4.78 is 0. The molecule has 4 heteroatoms. The first kappa shape index (κ1) is 7.58. The minimum Gasteiger partial charge on any atom is -0.306 e. The maximum absolute atomic E-state index is 4.28. The molecule has 0 unspecified atom stereocenters. The molecule has 1 aromatic rings. The van der Waals surface area contributed by atoms with Crippen LogP contribution >= 0.6 is 23.1 Å². The van der Waals surface area contributed by atoms with Crippen LogP contribution in [0.1, 0.15) is 11.0 Å². The number of hydrogen-bond acceptors (Lipinski definition) is 4. The predicted molar refractivity (Wildman–Crippen MR) is 50.2 cm³/mol. The predicted octanol–water partition coefficient (Wildman–Crippen LogP) is 1.52. The summed E-state index contributed by atoms with van der Waals surface area (Å²) >= 11 is 3.75. The molecule has 60 valence electrons. The Hall–Kier alpha value is -0.0600. The van der Waals surface area contributed by atoms with E-state index in [0.717, 1.165) is 6.54 Å². The molecule has 11 heavy (non-hydrogen) atoms. The van der Waals surface area contributed by atoms with Gasteiger partial charge in [0, 0.05) is 29.6 Å². The largest absolute Gasteiger partial charge is 0.306 e. The second kappa shape index (κ2) is 3.56. The van der Waals surface area contributed by atoms with Crippen molar-refractivity contribution >= 4 is 23.1 Å². The first-order valence-electron chi connectivity index (χ1n) is 3.67. The zero-order valence-electron chi connectivity index (χ0n) is 6.12. The lowest BCUT2D eigenvalue weighted by molar-refractivity contribution is 0.592. The summed E-state index contributed by atoms with van der Waals surface area (Å²) in [5.74, 6) is 2.41. The summed E-state index contributed by atoms with van der Waals surface area (Å²) in [6.45, 7) is 1.12. The highest BCUT2D eigenvalue weighted by Crippen LogP contribution is 2.22. The van der Waals surface area contributed by atoms with Crippen LogP contribution in [0.15, 0.2) is 11.6 Å². The normalized spacial score (nSPS) is 25.3. The molecule has 0 spiro atoms. The Labute approximate surface area is 74.4 Å². The van der Waals surface area contributed by atoms with Gasteiger partial charge in [0.05, 0.1) is 6.04 Å². The van der Waals surface area contributed by atoms with Crippen LogP contribution in [0.25, 0.3) is 0 Å². The molecule has 1 N–H and O–H groups in total. The van der Waals surface area contributed by atoms with Crippen LogP contribution in [0.2, 0.25) is 0 Å². The van der Waals surface area contributed by atoms with Crippen molar-refractivity contribution in [1.29, 1.82) is 0 Å². The Balaban J connectivity index is 2.04. The van der Waals surface area contributed by atoms with Gasteiger partial charge < -0.3 is 5.32 Å². The molecule has 2 nitrogen and oxygen atoms in total. The summed E-state index contributed by atoms with van der Waals surface area (Å²) in [7, 11) is 0. The molecule has 0 amide bonds. The zero-order valence-corrected chi connectivity index (χ0v) is 7.75. The van der Waals surface area contributed by atoms with E-state index in [-0.39, 0.29) is 0 Å². The molecule has 0 saturated carbocycles. The van der Waals surface area contributed by atoms with Gasteiger partial charge in [0.1, 0.15) is 5.01 Å². The lowest BCUT2D eigenvalue weighted by atomic mass is 10.3. The van der Waals surface area contributed by atoms with Crippen molar-refractivity contribution < 1.29 is 0 Å². The second-order valence-electron chi connectivity index (χ2n) is 2.45.